The number of imidazole rings is 1. The molecule has 0 aliphatic carbocycles. The summed E-state index contributed by atoms with van der Waals surface area (Å²) in [7, 11) is 1.74. The van der Waals surface area contributed by atoms with Gasteiger partial charge in [0.2, 0.25) is 0 Å². The third kappa shape index (κ3) is 1.21. The average molecular weight is 154 g/mol. The van der Waals surface area contributed by atoms with Gasteiger partial charge in [-0.15, -0.1) is 0 Å². The predicted octanol–water partition coefficient (Wildman–Crippen LogP) is -0.414. The van der Waals surface area contributed by atoms with Gasteiger partial charge in [-0.1, -0.05) is 0 Å². The van der Waals surface area contributed by atoms with Crippen LogP contribution in [0.5, 0.6) is 0 Å². The van der Waals surface area contributed by atoms with Crippen LogP contribution in [0.3, 0.4) is 0 Å². The molecule has 4 nitrogen and oxygen atoms in total. The van der Waals surface area contributed by atoms with Crippen LogP contribution in [-0.4, -0.2) is 21.8 Å². The molecule has 1 unspecified atom stereocenters. The van der Waals surface area contributed by atoms with Crippen molar-refractivity contribution >= 4 is 0 Å². The maximum absolute atomic E-state index is 11.2. The summed E-state index contributed by atoms with van der Waals surface area (Å²) in [6.07, 6.45) is 3.81. The number of aromatic nitrogens is 2. The van der Waals surface area contributed by atoms with Gasteiger partial charge in [0.05, 0.1) is 19.3 Å². The topological polar surface area (TPSA) is 39.5 Å². The molecule has 1 saturated heterocycles. The molecular formula is C7H10N2O2. The van der Waals surface area contributed by atoms with E-state index in [1.165, 1.54) is 0 Å². The zero-order valence-electron chi connectivity index (χ0n) is 6.36. The molecule has 1 fully saturated rings. The minimum Gasteiger partial charge on any atom is -0.371 e. The first-order valence-corrected chi connectivity index (χ1v) is 3.61. The van der Waals surface area contributed by atoms with Crippen LogP contribution in [0.4, 0.5) is 0 Å². The van der Waals surface area contributed by atoms with E-state index < -0.39 is 0 Å². The van der Waals surface area contributed by atoms with Crippen LogP contribution in [0.25, 0.3) is 0 Å². The predicted molar refractivity (Wildman–Crippen MR) is 39.4 cm³/mol. The van der Waals surface area contributed by atoms with E-state index in [0.29, 0.717) is 6.54 Å². The Bertz CT molecular complexity index is 308. The summed E-state index contributed by atoms with van der Waals surface area (Å²) in [5.41, 5.74) is 0.0282. The van der Waals surface area contributed by atoms with Crippen molar-refractivity contribution in [2.45, 2.75) is 12.6 Å². The Morgan fingerprint density at radius 2 is 2.45 bits per heavy atom. The lowest BCUT2D eigenvalue weighted by atomic mass is 10.5. The molecule has 2 heterocycles. The molecule has 1 atom stereocenters. The molecule has 0 amide bonds. The lowest BCUT2D eigenvalue weighted by Gasteiger charge is -1.94. The van der Waals surface area contributed by atoms with Crippen molar-refractivity contribution in [1.29, 1.82) is 0 Å². The van der Waals surface area contributed by atoms with Crippen LogP contribution < -0.4 is 5.69 Å². The first-order chi connectivity index (χ1) is 5.27. The van der Waals surface area contributed by atoms with Crippen molar-refractivity contribution in [1.82, 2.24) is 9.13 Å². The van der Waals surface area contributed by atoms with Gasteiger partial charge in [0.1, 0.15) is 0 Å². The molecule has 2 rings (SSSR count). The van der Waals surface area contributed by atoms with E-state index in [1.54, 1.807) is 28.6 Å². The maximum atomic E-state index is 11.2. The van der Waals surface area contributed by atoms with Gasteiger partial charge in [0, 0.05) is 19.4 Å². The number of ether oxygens (including phenoxy) is 1. The van der Waals surface area contributed by atoms with E-state index >= 15 is 0 Å². The Kier molecular flexibility index (Phi) is 1.35. The van der Waals surface area contributed by atoms with Crippen molar-refractivity contribution in [3.05, 3.63) is 22.9 Å². The molecule has 0 saturated carbocycles. The summed E-state index contributed by atoms with van der Waals surface area (Å²) in [5, 5.41) is 0. The molecule has 11 heavy (non-hydrogen) atoms. The Morgan fingerprint density at radius 1 is 1.73 bits per heavy atom. The van der Waals surface area contributed by atoms with E-state index in [1.807, 2.05) is 0 Å². The van der Waals surface area contributed by atoms with Gasteiger partial charge in [0.15, 0.2) is 0 Å². The van der Waals surface area contributed by atoms with E-state index in [2.05, 4.69) is 0 Å². The lowest BCUT2D eigenvalue weighted by Crippen LogP contribution is -2.23. The molecule has 0 spiro atoms. The highest BCUT2D eigenvalue weighted by molar-refractivity contribution is 4.82. The lowest BCUT2D eigenvalue weighted by molar-refractivity contribution is 0.379. The van der Waals surface area contributed by atoms with Crippen LogP contribution in [0, 0.1) is 0 Å². The number of rotatable bonds is 2. The fraction of sp³-hybridized carbons (Fsp3) is 0.571. The summed E-state index contributed by atoms with van der Waals surface area (Å²) in [4.78, 5) is 11.2. The van der Waals surface area contributed by atoms with Crippen LogP contribution in [0.2, 0.25) is 0 Å². The molecule has 0 radical (unpaired) electrons. The monoisotopic (exact) mass is 154 g/mol. The highest BCUT2D eigenvalue weighted by Gasteiger charge is 2.23. The second-order valence-corrected chi connectivity index (χ2v) is 2.80. The van der Waals surface area contributed by atoms with Crippen molar-refractivity contribution in [2.75, 3.05) is 6.61 Å². The smallest absolute Gasteiger partial charge is 0.327 e. The highest BCUT2D eigenvalue weighted by atomic mass is 16.6. The Balaban J connectivity index is 2.22. The molecule has 1 aliphatic rings. The zero-order chi connectivity index (χ0) is 7.84. The van der Waals surface area contributed by atoms with Gasteiger partial charge in [-0.05, 0) is 0 Å². The van der Waals surface area contributed by atoms with Crippen molar-refractivity contribution in [3.8, 4) is 0 Å². The third-order valence-corrected chi connectivity index (χ3v) is 1.82. The maximum Gasteiger partial charge on any atom is 0.327 e. The minimum absolute atomic E-state index is 0.0282. The van der Waals surface area contributed by atoms with Crippen LogP contribution in [0.1, 0.15) is 0 Å². The third-order valence-electron chi connectivity index (χ3n) is 1.82. The zero-order valence-corrected chi connectivity index (χ0v) is 6.36. The molecule has 0 N–H and O–H groups in total. The first-order valence-electron chi connectivity index (χ1n) is 3.61. The molecule has 60 valence electrons. The van der Waals surface area contributed by atoms with Gasteiger partial charge < -0.3 is 9.30 Å². The highest BCUT2D eigenvalue weighted by Crippen LogP contribution is 2.09. The molecule has 1 aromatic rings. The molecule has 4 heteroatoms. The van der Waals surface area contributed by atoms with Crippen LogP contribution in [-0.2, 0) is 18.3 Å². The quantitative estimate of drug-likeness (QED) is 0.543. The summed E-state index contributed by atoms with van der Waals surface area (Å²) in [6.45, 7) is 1.49. The Morgan fingerprint density at radius 3 is 2.91 bits per heavy atom. The van der Waals surface area contributed by atoms with E-state index in [-0.39, 0.29) is 11.8 Å². The number of aryl methyl sites for hydroxylation is 1. The Labute approximate surface area is 64.0 Å². The summed E-state index contributed by atoms with van der Waals surface area (Å²) < 4.78 is 8.23. The van der Waals surface area contributed by atoms with Gasteiger partial charge in [0.25, 0.3) is 0 Å². The van der Waals surface area contributed by atoms with Crippen molar-refractivity contribution < 1.29 is 4.74 Å². The van der Waals surface area contributed by atoms with E-state index in [9.17, 15) is 4.79 Å². The average Bonchev–Trinajstić information content (AvgIpc) is 2.74. The van der Waals surface area contributed by atoms with Crippen molar-refractivity contribution in [3.63, 3.8) is 0 Å². The van der Waals surface area contributed by atoms with E-state index in [4.69, 9.17) is 4.74 Å². The summed E-state index contributed by atoms with van der Waals surface area (Å²) >= 11 is 0. The van der Waals surface area contributed by atoms with Gasteiger partial charge >= 0.3 is 5.69 Å². The fourth-order valence-corrected chi connectivity index (χ4v) is 1.04. The van der Waals surface area contributed by atoms with Gasteiger partial charge in [-0.25, -0.2) is 4.79 Å². The molecular weight excluding hydrogens is 144 g/mol. The van der Waals surface area contributed by atoms with Gasteiger partial charge in [-0.2, -0.15) is 0 Å². The number of hydrogen-bond acceptors (Lipinski definition) is 2. The largest absolute Gasteiger partial charge is 0.371 e. The molecule has 1 aliphatic heterocycles. The van der Waals surface area contributed by atoms with E-state index in [0.717, 1.165) is 6.61 Å². The van der Waals surface area contributed by atoms with Crippen LogP contribution in [0.15, 0.2) is 17.2 Å². The number of hydrogen-bond donors (Lipinski definition) is 0. The van der Waals surface area contributed by atoms with Crippen LogP contribution >= 0.6 is 0 Å². The first kappa shape index (κ1) is 6.67. The van der Waals surface area contributed by atoms with Gasteiger partial charge in [-0.3, -0.25) is 4.57 Å². The Hall–Kier alpha value is -1.03. The standard InChI is InChI=1S/C7H10N2O2/c1-8-2-3-9(7(8)10)4-6-5-11-6/h2-3,6H,4-5H2,1H3. The molecule has 0 bridgehead atoms. The normalized spacial score (nSPS) is 22.1. The SMILES string of the molecule is Cn1ccn(CC2CO2)c1=O. The summed E-state index contributed by atoms with van der Waals surface area (Å²) in [5.74, 6) is 0. The number of epoxide rings is 1. The van der Waals surface area contributed by atoms with Crippen molar-refractivity contribution in [2.24, 2.45) is 7.05 Å². The minimum atomic E-state index is 0.0282. The second-order valence-electron chi connectivity index (χ2n) is 2.80. The summed E-state index contributed by atoms with van der Waals surface area (Å²) in [6, 6.07) is 0. The second kappa shape index (κ2) is 2.23. The molecule has 1 aromatic heterocycles. The molecule has 0 aromatic carbocycles. The number of nitrogens with zero attached hydrogens (tertiary/aromatic N) is 2. The fourth-order valence-electron chi connectivity index (χ4n) is 1.04.